The molecule has 2 aromatic carbocycles. The number of hydrogen-bond donors (Lipinski definition) is 1. The molecule has 0 saturated heterocycles. The van der Waals surface area contributed by atoms with Crippen molar-refractivity contribution in [1.82, 2.24) is 5.32 Å². The predicted octanol–water partition coefficient (Wildman–Crippen LogP) is 4.77. The molecule has 106 valence electrons. The van der Waals surface area contributed by atoms with Gasteiger partial charge < -0.3 is 5.32 Å². The Morgan fingerprint density at radius 1 is 0.850 bits per heavy atom. The summed E-state index contributed by atoms with van der Waals surface area (Å²) < 4.78 is 0. The standard InChI is InChI=1S/C19H25N/c1-13-6-8-18(9-7-13)17(5)20-12-19-11-15(3)14(2)10-16(19)4/h6-11,17,20H,12H2,1-5H3/t17-/m0/s1. The van der Waals surface area contributed by atoms with E-state index in [0.717, 1.165) is 6.54 Å². The van der Waals surface area contributed by atoms with Gasteiger partial charge in [-0.3, -0.25) is 0 Å². The predicted molar refractivity (Wildman–Crippen MR) is 87.1 cm³/mol. The van der Waals surface area contributed by atoms with Crippen LogP contribution in [0.25, 0.3) is 0 Å². The van der Waals surface area contributed by atoms with Crippen LogP contribution < -0.4 is 5.32 Å². The molecule has 1 heteroatoms. The summed E-state index contributed by atoms with van der Waals surface area (Å²) >= 11 is 0. The quantitative estimate of drug-likeness (QED) is 0.841. The summed E-state index contributed by atoms with van der Waals surface area (Å²) in [7, 11) is 0. The van der Waals surface area contributed by atoms with Crippen LogP contribution in [0.5, 0.6) is 0 Å². The second-order valence-corrected chi connectivity index (χ2v) is 5.88. The number of rotatable bonds is 4. The van der Waals surface area contributed by atoms with Crippen LogP contribution in [0.3, 0.4) is 0 Å². The highest BCUT2D eigenvalue weighted by molar-refractivity contribution is 5.36. The monoisotopic (exact) mass is 267 g/mol. The third-order valence-electron chi connectivity index (χ3n) is 4.13. The van der Waals surface area contributed by atoms with E-state index in [1.54, 1.807) is 0 Å². The van der Waals surface area contributed by atoms with E-state index in [2.05, 4.69) is 76.3 Å². The van der Waals surface area contributed by atoms with E-state index in [4.69, 9.17) is 0 Å². The SMILES string of the molecule is Cc1ccc([C@H](C)NCc2cc(C)c(C)cc2C)cc1. The topological polar surface area (TPSA) is 12.0 Å². The van der Waals surface area contributed by atoms with Gasteiger partial charge in [0.1, 0.15) is 0 Å². The molecule has 1 nitrogen and oxygen atoms in total. The lowest BCUT2D eigenvalue weighted by Gasteiger charge is -2.16. The molecule has 0 amide bonds. The van der Waals surface area contributed by atoms with E-state index in [9.17, 15) is 0 Å². The summed E-state index contributed by atoms with van der Waals surface area (Å²) in [4.78, 5) is 0. The summed E-state index contributed by atoms with van der Waals surface area (Å²) in [5, 5.41) is 3.62. The van der Waals surface area contributed by atoms with Crippen LogP contribution in [0.15, 0.2) is 36.4 Å². The number of nitrogens with one attached hydrogen (secondary N) is 1. The Bertz CT molecular complexity index is 581. The summed E-state index contributed by atoms with van der Waals surface area (Å²) in [5.41, 5.74) is 8.17. The van der Waals surface area contributed by atoms with Crippen molar-refractivity contribution in [1.29, 1.82) is 0 Å². The molecule has 2 rings (SSSR count). The Morgan fingerprint density at radius 2 is 1.45 bits per heavy atom. The molecule has 20 heavy (non-hydrogen) atoms. The normalized spacial score (nSPS) is 12.4. The number of aryl methyl sites for hydroxylation is 4. The first-order valence-corrected chi connectivity index (χ1v) is 7.34. The molecule has 0 aliphatic rings. The van der Waals surface area contributed by atoms with E-state index < -0.39 is 0 Å². The fourth-order valence-corrected chi connectivity index (χ4v) is 2.45. The lowest BCUT2D eigenvalue weighted by Crippen LogP contribution is -2.18. The lowest BCUT2D eigenvalue weighted by atomic mass is 10.00. The van der Waals surface area contributed by atoms with Crippen molar-refractivity contribution in [3.8, 4) is 0 Å². The van der Waals surface area contributed by atoms with Crippen LogP contribution in [0.2, 0.25) is 0 Å². The van der Waals surface area contributed by atoms with Crippen molar-refractivity contribution in [3.05, 3.63) is 69.8 Å². The molecular formula is C19H25N. The van der Waals surface area contributed by atoms with Crippen molar-refractivity contribution in [2.24, 2.45) is 0 Å². The summed E-state index contributed by atoms with van der Waals surface area (Å²) in [6.45, 7) is 11.8. The molecule has 0 aromatic heterocycles. The molecular weight excluding hydrogens is 242 g/mol. The van der Waals surface area contributed by atoms with Crippen molar-refractivity contribution < 1.29 is 0 Å². The van der Waals surface area contributed by atoms with Crippen molar-refractivity contribution >= 4 is 0 Å². The molecule has 0 spiro atoms. The Balaban J connectivity index is 2.05. The Morgan fingerprint density at radius 3 is 2.10 bits per heavy atom. The second kappa shape index (κ2) is 6.23. The van der Waals surface area contributed by atoms with Crippen molar-refractivity contribution in [2.75, 3.05) is 0 Å². The molecule has 1 atom stereocenters. The van der Waals surface area contributed by atoms with Gasteiger partial charge in [-0.25, -0.2) is 0 Å². The second-order valence-electron chi connectivity index (χ2n) is 5.88. The highest BCUT2D eigenvalue weighted by Gasteiger charge is 2.06. The molecule has 0 saturated carbocycles. The van der Waals surface area contributed by atoms with E-state index in [-0.39, 0.29) is 0 Å². The first kappa shape index (κ1) is 14.8. The van der Waals surface area contributed by atoms with Gasteiger partial charge in [-0.2, -0.15) is 0 Å². The van der Waals surface area contributed by atoms with E-state index >= 15 is 0 Å². The third-order valence-corrected chi connectivity index (χ3v) is 4.13. The highest BCUT2D eigenvalue weighted by atomic mass is 14.9. The maximum atomic E-state index is 3.62. The Hall–Kier alpha value is -1.60. The first-order valence-electron chi connectivity index (χ1n) is 7.34. The van der Waals surface area contributed by atoms with Gasteiger partial charge in [0.05, 0.1) is 0 Å². The van der Waals surface area contributed by atoms with Gasteiger partial charge in [0, 0.05) is 12.6 Å². The largest absolute Gasteiger partial charge is 0.306 e. The molecule has 0 aliphatic carbocycles. The Kier molecular flexibility index (Phi) is 4.61. The first-order chi connectivity index (χ1) is 9.47. The minimum Gasteiger partial charge on any atom is -0.306 e. The minimum absolute atomic E-state index is 0.372. The van der Waals surface area contributed by atoms with Gasteiger partial charge in [0.15, 0.2) is 0 Å². The third kappa shape index (κ3) is 3.49. The molecule has 1 N–H and O–H groups in total. The zero-order chi connectivity index (χ0) is 14.7. The van der Waals surface area contributed by atoms with E-state index in [1.807, 2.05) is 0 Å². The van der Waals surface area contributed by atoms with Gasteiger partial charge in [-0.15, -0.1) is 0 Å². The van der Waals surface area contributed by atoms with Crippen LogP contribution in [0.4, 0.5) is 0 Å². The fraction of sp³-hybridized carbons (Fsp3) is 0.368. The number of benzene rings is 2. The van der Waals surface area contributed by atoms with Crippen LogP contribution in [0, 0.1) is 27.7 Å². The van der Waals surface area contributed by atoms with Crippen LogP contribution >= 0.6 is 0 Å². The molecule has 2 aromatic rings. The average molecular weight is 267 g/mol. The average Bonchev–Trinajstić information content (AvgIpc) is 2.42. The van der Waals surface area contributed by atoms with Crippen LogP contribution in [-0.4, -0.2) is 0 Å². The molecule has 0 bridgehead atoms. The maximum absolute atomic E-state index is 3.62. The van der Waals surface area contributed by atoms with Crippen molar-refractivity contribution in [2.45, 2.75) is 47.2 Å². The zero-order valence-electron chi connectivity index (χ0n) is 13.2. The van der Waals surface area contributed by atoms with Crippen LogP contribution in [-0.2, 0) is 6.54 Å². The summed E-state index contributed by atoms with van der Waals surface area (Å²) in [6.07, 6.45) is 0. The highest BCUT2D eigenvalue weighted by Crippen LogP contribution is 2.18. The van der Waals surface area contributed by atoms with Gasteiger partial charge in [0.2, 0.25) is 0 Å². The Labute approximate surface area is 123 Å². The summed E-state index contributed by atoms with van der Waals surface area (Å²) in [6, 6.07) is 13.7. The minimum atomic E-state index is 0.372. The van der Waals surface area contributed by atoms with Gasteiger partial charge >= 0.3 is 0 Å². The lowest BCUT2D eigenvalue weighted by molar-refractivity contribution is 0.573. The fourth-order valence-electron chi connectivity index (χ4n) is 2.45. The smallest absolute Gasteiger partial charge is 0.0294 e. The van der Waals surface area contributed by atoms with Gasteiger partial charge in [-0.1, -0.05) is 42.0 Å². The molecule has 0 unspecified atom stereocenters. The summed E-state index contributed by atoms with van der Waals surface area (Å²) in [5.74, 6) is 0. The van der Waals surface area contributed by atoms with Crippen LogP contribution in [0.1, 0.15) is 46.3 Å². The van der Waals surface area contributed by atoms with Gasteiger partial charge in [-0.05, 0) is 62.4 Å². The van der Waals surface area contributed by atoms with E-state index in [1.165, 1.54) is 33.4 Å². The zero-order valence-corrected chi connectivity index (χ0v) is 13.2. The van der Waals surface area contributed by atoms with Crippen molar-refractivity contribution in [3.63, 3.8) is 0 Å². The molecule has 0 radical (unpaired) electrons. The maximum Gasteiger partial charge on any atom is 0.0294 e. The van der Waals surface area contributed by atoms with E-state index in [0.29, 0.717) is 6.04 Å². The van der Waals surface area contributed by atoms with Gasteiger partial charge in [0.25, 0.3) is 0 Å². The molecule has 0 aliphatic heterocycles. The number of hydrogen-bond acceptors (Lipinski definition) is 1. The molecule has 0 fully saturated rings. The molecule has 0 heterocycles.